The van der Waals surface area contributed by atoms with Gasteiger partial charge in [-0.25, -0.2) is 8.78 Å². The fourth-order valence-corrected chi connectivity index (χ4v) is 9.51. The zero-order valence-electron chi connectivity index (χ0n) is 27.3. The largest absolute Gasteiger partial charge is 0.462 e. The predicted octanol–water partition coefficient (Wildman–Crippen LogP) is 4.14. The maximum Gasteiger partial charge on any atom is 0.319 e. The van der Waals surface area contributed by atoms with Crippen molar-refractivity contribution < 1.29 is 28.5 Å². The van der Waals surface area contributed by atoms with Gasteiger partial charge in [-0.15, -0.1) is 11.3 Å². The number of likely N-dealkylation sites (tertiary alicyclic amines) is 2. The minimum Gasteiger partial charge on any atom is -0.462 e. The van der Waals surface area contributed by atoms with Crippen molar-refractivity contribution in [3.8, 4) is 23.2 Å². The number of β-amino-alcohol motifs (C(OH)–C–C–N with tert-alkyl or cyclic N) is 2. The lowest BCUT2D eigenvalue weighted by molar-refractivity contribution is 0.111. The standard InChI is InChI=1S/C35H39F2N7O4S/c1-18(46)12-42-13-19-4-5-20(14-42)44(19)34-29-24-17-47-16-23(24)28(30-25(36)6-7-26-27(30)22(11-38)33(39)49-26)31(37)32(29)40-35(41-34)48-15-21-3-2-8-43(21)9-10-45/h6-7,18-21,45-46H,2-5,8-10,12-17,39H2,1H3/t18?,19?,20?,21-/m0/s1. The number of halogens is 2. The number of hydrogen-bond acceptors (Lipinski definition) is 12. The van der Waals surface area contributed by atoms with Gasteiger partial charge < -0.3 is 30.3 Å². The van der Waals surface area contributed by atoms with Crippen molar-refractivity contribution in [2.24, 2.45) is 0 Å². The van der Waals surface area contributed by atoms with E-state index in [1.54, 1.807) is 13.0 Å². The number of nitrogen functional groups attached to an aromatic ring is 1. The Morgan fingerprint density at radius 2 is 1.90 bits per heavy atom. The SMILES string of the molecule is CC(O)CN1CC2CCC(C1)N2c1nc(OC[C@@H]2CCCN2CCO)nc2c(F)c(-c3c(F)ccc4sc(N)c(C#N)c34)c3c(c12)COC3. The van der Waals surface area contributed by atoms with Crippen LogP contribution in [0.25, 0.3) is 32.1 Å². The number of aromatic nitrogens is 2. The van der Waals surface area contributed by atoms with Crippen LogP contribution in [-0.2, 0) is 18.0 Å². The van der Waals surface area contributed by atoms with Crippen LogP contribution >= 0.6 is 11.3 Å². The number of benzene rings is 2. The number of rotatable bonds is 9. The van der Waals surface area contributed by atoms with Crippen molar-refractivity contribution in [1.29, 1.82) is 5.26 Å². The number of fused-ring (bicyclic) bond motifs is 6. The Hall–Kier alpha value is -3.71. The van der Waals surface area contributed by atoms with E-state index in [0.29, 0.717) is 40.1 Å². The first-order valence-electron chi connectivity index (χ1n) is 17.0. The molecule has 0 saturated carbocycles. The summed E-state index contributed by atoms with van der Waals surface area (Å²) in [4.78, 5) is 16.4. The van der Waals surface area contributed by atoms with Gasteiger partial charge in [-0.3, -0.25) is 9.80 Å². The molecule has 0 aliphatic carbocycles. The Morgan fingerprint density at radius 1 is 1.12 bits per heavy atom. The van der Waals surface area contributed by atoms with Gasteiger partial charge >= 0.3 is 6.01 Å². The van der Waals surface area contributed by atoms with E-state index in [2.05, 4.69) is 20.8 Å². The van der Waals surface area contributed by atoms with Gasteiger partial charge in [0.1, 0.15) is 34.8 Å². The van der Waals surface area contributed by atoms with Crippen LogP contribution in [0.4, 0.5) is 19.6 Å². The topological polar surface area (TPSA) is 144 Å². The summed E-state index contributed by atoms with van der Waals surface area (Å²) in [5.74, 6) is -0.820. The Morgan fingerprint density at radius 3 is 2.63 bits per heavy atom. The minimum absolute atomic E-state index is 0.0156. The summed E-state index contributed by atoms with van der Waals surface area (Å²) < 4.78 is 46.3. The summed E-state index contributed by atoms with van der Waals surface area (Å²) in [6.07, 6.45) is 3.27. The van der Waals surface area contributed by atoms with Crippen LogP contribution in [0.2, 0.25) is 0 Å². The van der Waals surface area contributed by atoms with E-state index in [1.807, 2.05) is 0 Å². The number of anilines is 2. The predicted molar refractivity (Wildman–Crippen MR) is 182 cm³/mol. The molecule has 2 bridgehead atoms. The molecular weight excluding hydrogens is 652 g/mol. The summed E-state index contributed by atoms with van der Waals surface area (Å²) in [6.45, 7) is 5.76. The van der Waals surface area contributed by atoms with Crippen LogP contribution in [0, 0.1) is 23.0 Å². The molecule has 3 fully saturated rings. The number of aliphatic hydroxyl groups excluding tert-OH is 2. The summed E-state index contributed by atoms with van der Waals surface area (Å²) in [5, 5.41) is 30.7. The molecule has 6 heterocycles. The molecule has 4 aromatic rings. The highest BCUT2D eigenvalue weighted by molar-refractivity contribution is 7.23. The number of piperazine rings is 1. The molecule has 14 heteroatoms. The molecule has 0 amide bonds. The molecule has 4 aliphatic heterocycles. The second kappa shape index (κ2) is 12.9. The van der Waals surface area contributed by atoms with E-state index in [9.17, 15) is 15.5 Å². The fraction of sp³-hybridized carbons (Fsp3) is 0.514. The third-order valence-corrected chi connectivity index (χ3v) is 11.6. The Kier molecular flexibility index (Phi) is 8.54. The van der Waals surface area contributed by atoms with Gasteiger partial charge in [0.15, 0.2) is 5.82 Å². The van der Waals surface area contributed by atoms with Crippen LogP contribution in [0.1, 0.15) is 49.3 Å². The first-order valence-corrected chi connectivity index (χ1v) is 17.8. The van der Waals surface area contributed by atoms with Crippen molar-refractivity contribution in [1.82, 2.24) is 19.8 Å². The molecule has 3 saturated heterocycles. The van der Waals surface area contributed by atoms with E-state index < -0.39 is 17.7 Å². The van der Waals surface area contributed by atoms with Gasteiger partial charge in [-0.1, -0.05) is 0 Å². The first-order chi connectivity index (χ1) is 23.8. The van der Waals surface area contributed by atoms with Crippen LogP contribution in [-0.4, -0.2) is 100 Å². The molecule has 3 unspecified atom stereocenters. The van der Waals surface area contributed by atoms with Gasteiger partial charge in [0.05, 0.1) is 36.9 Å². The summed E-state index contributed by atoms with van der Waals surface area (Å²) in [5.41, 5.74) is 7.51. The average molecular weight is 692 g/mol. The highest BCUT2D eigenvalue weighted by Crippen LogP contribution is 2.49. The lowest BCUT2D eigenvalue weighted by atomic mass is 9.90. The molecule has 258 valence electrons. The summed E-state index contributed by atoms with van der Waals surface area (Å²) in [6, 6.07) is 5.20. The van der Waals surface area contributed by atoms with E-state index in [4.69, 9.17) is 25.2 Å². The van der Waals surface area contributed by atoms with Crippen molar-refractivity contribution in [2.75, 3.05) is 56.6 Å². The molecular formula is C35H39F2N7O4S. The number of hydrogen-bond donors (Lipinski definition) is 3. The maximum absolute atomic E-state index is 17.4. The lowest BCUT2D eigenvalue weighted by Gasteiger charge is -2.42. The number of ether oxygens (including phenoxy) is 2. The third-order valence-electron chi connectivity index (χ3n) is 10.6. The number of aliphatic hydroxyl groups is 2. The van der Waals surface area contributed by atoms with E-state index in [-0.39, 0.29) is 83.2 Å². The molecule has 0 radical (unpaired) electrons. The Labute approximate surface area is 286 Å². The average Bonchev–Trinajstić information content (AvgIpc) is 3.85. The summed E-state index contributed by atoms with van der Waals surface area (Å²) >= 11 is 1.16. The number of nitrogens with zero attached hydrogens (tertiary/aromatic N) is 6. The number of nitrogens with two attached hydrogens (primary N) is 1. The zero-order chi connectivity index (χ0) is 34.0. The van der Waals surface area contributed by atoms with Gasteiger partial charge in [0.2, 0.25) is 0 Å². The highest BCUT2D eigenvalue weighted by Gasteiger charge is 2.43. The summed E-state index contributed by atoms with van der Waals surface area (Å²) in [7, 11) is 0. The van der Waals surface area contributed by atoms with Crippen molar-refractivity contribution in [2.45, 2.75) is 70.1 Å². The van der Waals surface area contributed by atoms with Crippen LogP contribution in [0.15, 0.2) is 12.1 Å². The normalized spacial score (nSPS) is 23.1. The van der Waals surface area contributed by atoms with Crippen LogP contribution in [0.5, 0.6) is 6.01 Å². The van der Waals surface area contributed by atoms with Crippen LogP contribution < -0.4 is 15.4 Å². The monoisotopic (exact) mass is 691 g/mol. The van der Waals surface area contributed by atoms with Crippen molar-refractivity contribution in [3.63, 3.8) is 0 Å². The third kappa shape index (κ3) is 5.47. The number of nitriles is 1. The molecule has 4 N–H and O–H groups in total. The smallest absolute Gasteiger partial charge is 0.319 e. The molecule has 2 aromatic carbocycles. The second-order valence-electron chi connectivity index (χ2n) is 13.7. The quantitative estimate of drug-likeness (QED) is 0.233. The van der Waals surface area contributed by atoms with Crippen molar-refractivity contribution in [3.05, 3.63) is 40.5 Å². The second-order valence-corrected chi connectivity index (χ2v) is 14.8. The van der Waals surface area contributed by atoms with Gasteiger partial charge in [-0.2, -0.15) is 15.2 Å². The minimum atomic E-state index is -0.726. The van der Waals surface area contributed by atoms with Gasteiger partial charge in [-0.05, 0) is 62.4 Å². The van der Waals surface area contributed by atoms with Crippen molar-refractivity contribution >= 4 is 43.1 Å². The maximum atomic E-state index is 17.4. The zero-order valence-corrected chi connectivity index (χ0v) is 28.1. The molecule has 8 rings (SSSR count). The number of thiophene rings is 1. The molecule has 4 atom stereocenters. The fourth-order valence-electron chi connectivity index (χ4n) is 8.58. The van der Waals surface area contributed by atoms with E-state index in [0.717, 1.165) is 56.7 Å². The first kappa shape index (κ1) is 32.5. The lowest BCUT2D eigenvalue weighted by Crippen LogP contribution is -2.55. The Bertz CT molecular complexity index is 1970. The van der Waals surface area contributed by atoms with Gasteiger partial charge in [0, 0.05) is 65.5 Å². The van der Waals surface area contributed by atoms with Gasteiger partial charge in [0.25, 0.3) is 0 Å². The molecule has 49 heavy (non-hydrogen) atoms. The molecule has 2 aromatic heterocycles. The van der Waals surface area contributed by atoms with E-state index >= 15 is 8.78 Å². The highest BCUT2D eigenvalue weighted by atomic mass is 32.1. The Balaban J connectivity index is 1.32. The molecule has 4 aliphatic rings. The van der Waals surface area contributed by atoms with Crippen LogP contribution in [0.3, 0.4) is 0 Å². The molecule has 11 nitrogen and oxygen atoms in total. The molecule has 0 spiro atoms. The van der Waals surface area contributed by atoms with E-state index in [1.165, 1.54) is 6.07 Å².